The number of nitrogens with zero attached hydrogens (tertiary/aromatic N) is 3. The Labute approximate surface area is 115 Å². The first-order valence-corrected chi connectivity index (χ1v) is 8.30. The first kappa shape index (κ1) is 16.2. The largest absolute Gasteiger partial charge is 0.437 e. The van der Waals surface area contributed by atoms with Crippen LogP contribution in [0.25, 0.3) is 0 Å². The van der Waals surface area contributed by atoms with Gasteiger partial charge in [-0.1, -0.05) is 13.8 Å². The fourth-order valence-corrected chi connectivity index (χ4v) is 3.66. The molecule has 6 nitrogen and oxygen atoms in total. The molecule has 19 heavy (non-hydrogen) atoms. The van der Waals surface area contributed by atoms with E-state index in [9.17, 15) is 13.4 Å². The number of sulfone groups is 1. The Balaban J connectivity index is 0.000000861. The van der Waals surface area contributed by atoms with Gasteiger partial charge in [0.1, 0.15) is 0 Å². The lowest BCUT2D eigenvalue weighted by Gasteiger charge is -2.33. The Hall–Kier alpha value is -0.855. The van der Waals surface area contributed by atoms with Crippen molar-refractivity contribution < 1.29 is 13.4 Å². The van der Waals surface area contributed by atoms with E-state index in [2.05, 4.69) is 4.98 Å². The van der Waals surface area contributed by atoms with E-state index in [4.69, 9.17) is 0 Å². The molecule has 0 amide bonds. The van der Waals surface area contributed by atoms with Gasteiger partial charge in [0.05, 0.1) is 17.3 Å². The molecule has 1 aromatic heterocycles. The molecule has 1 saturated heterocycles. The van der Waals surface area contributed by atoms with E-state index in [1.54, 1.807) is 34.9 Å². The van der Waals surface area contributed by atoms with Gasteiger partial charge in [-0.05, 0) is 6.82 Å². The molecule has 8 heteroatoms. The van der Waals surface area contributed by atoms with Crippen molar-refractivity contribution in [3.63, 3.8) is 0 Å². The third-order valence-electron chi connectivity index (χ3n) is 3.11. The average molecular weight is 287 g/mol. The molecule has 1 fully saturated rings. The Kier molecular flexibility index (Phi) is 6.03. The van der Waals surface area contributed by atoms with Gasteiger partial charge in [-0.3, -0.25) is 0 Å². The van der Waals surface area contributed by atoms with Crippen molar-refractivity contribution >= 4 is 16.9 Å². The van der Waals surface area contributed by atoms with Gasteiger partial charge in [0, 0.05) is 32.0 Å². The van der Waals surface area contributed by atoms with Crippen LogP contribution in [0.4, 0.5) is 0 Å². The maximum atomic E-state index is 11.9. The van der Waals surface area contributed by atoms with Crippen LogP contribution in [-0.2, 0) is 16.4 Å². The van der Waals surface area contributed by atoms with Crippen LogP contribution >= 0.6 is 0 Å². The van der Waals surface area contributed by atoms with Gasteiger partial charge in [-0.15, -0.1) is 0 Å². The number of aromatic nitrogens is 2. The van der Waals surface area contributed by atoms with Gasteiger partial charge in [0.25, 0.3) is 0 Å². The van der Waals surface area contributed by atoms with E-state index >= 15 is 0 Å². The van der Waals surface area contributed by atoms with Gasteiger partial charge in [-0.25, -0.2) is 13.4 Å². The topological polar surface area (TPSA) is 75.4 Å². The highest BCUT2D eigenvalue weighted by Gasteiger charge is 2.35. The highest BCUT2D eigenvalue weighted by molar-refractivity contribution is 7.92. The van der Waals surface area contributed by atoms with Crippen molar-refractivity contribution in [3.8, 4) is 0 Å². The first-order valence-electron chi connectivity index (χ1n) is 6.58. The fourth-order valence-electron chi connectivity index (χ4n) is 2.02. The minimum Gasteiger partial charge on any atom is -0.437 e. The van der Waals surface area contributed by atoms with Gasteiger partial charge < -0.3 is 14.4 Å². The van der Waals surface area contributed by atoms with Crippen LogP contribution in [0.5, 0.6) is 0 Å². The molecule has 108 valence electrons. The van der Waals surface area contributed by atoms with Crippen molar-refractivity contribution in [3.05, 3.63) is 18.7 Å². The quantitative estimate of drug-likeness (QED) is 0.799. The molecule has 1 aliphatic heterocycles. The third-order valence-corrected chi connectivity index (χ3v) is 5.18. The second-order valence-electron chi connectivity index (χ2n) is 4.38. The maximum absolute atomic E-state index is 11.9. The van der Waals surface area contributed by atoms with Gasteiger partial charge >= 0.3 is 7.05 Å². The van der Waals surface area contributed by atoms with Gasteiger partial charge in [0.2, 0.25) is 0 Å². The molecule has 0 saturated carbocycles. The summed E-state index contributed by atoms with van der Waals surface area (Å²) in [6.45, 7) is 6.83. The molecule has 0 unspecified atom stereocenters. The molecule has 1 atom stereocenters. The smallest absolute Gasteiger partial charge is 0.376 e. The van der Waals surface area contributed by atoms with E-state index < -0.39 is 22.1 Å². The summed E-state index contributed by atoms with van der Waals surface area (Å²) >= 11 is 0. The van der Waals surface area contributed by atoms with Crippen LogP contribution in [0, 0.1) is 0 Å². The second kappa shape index (κ2) is 7.07. The number of imidazole rings is 1. The normalized spacial score (nSPS) is 22.4. The number of rotatable bonds is 3. The Morgan fingerprint density at radius 2 is 2.16 bits per heavy atom. The van der Waals surface area contributed by atoms with E-state index in [1.807, 2.05) is 13.8 Å². The lowest BCUT2D eigenvalue weighted by Crippen LogP contribution is -2.53. The SMILES string of the molecule is CB(O)N1CCS(=O)(=O)[C@@H](Cn2ccnc2)C1.CC. The molecule has 1 N–H and O–H groups in total. The Morgan fingerprint density at radius 1 is 1.47 bits per heavy atom. The summed E-state index contributed by atoms with van der Waals surface area (Å²) in [7, 11) is -3.67. The van der Waals surface area contributed by atoms with E-state index in [-0.39, 0.29) is 5.75 Å². The second-order valence-corrected chi connectivity index (χ2v) is 6.78. The zero-order chi connectivity index (χ0) is 14.5. The van der Waals surface area contributed by atoms with E-state index in [0.29, 0.717) is 19.6 Å². The lowest BCUT2D eigenvalue weighted by molar-refractivity contribution is 0.350. The Bertz CT molecular complexity index is 462. The van der Waals surface area contributed by atoms with Crippen LogP contribution in [0.2, 0.25) is 6.82 Å². The summed E-state index contributed by atoms with van der Waals surface area (Å²) in [5.74, 6) is 0.108. The molecule has 1 aromatic rings. The summed E-state index contributed by atoms with van der Waals surface area (Å²) in [5.41, 5.74) is 0. The highest BCUT2D eigenvalue weighted by atomic mass is 32.2. The summed E-state index contributed by atoms with van der Waals surface area (Å²) in [6, 6.07) is 0. The van der Waals surface area contributed by atoms with Crippen molar-refractivity contribution in [1.29, 1.82) is 0 Å². The lowest BCUT2D eigenvalue weighted by atomic mass is 9.85. The van der Waals surface area contributed by atoms with Gasteiger partial charge in [0.15, 0.2) is 9.84 Å². The first-order chi connectivity index (χ1) is 8.99. The monoisotopic (exact) mass is 287 g/mol. The van der Waals surface area contributed by atoms with Crippen molar-refractivity contribution in [2.45, 2.75) is 32.5 Å². The standard InChI is InChI=1S/C9H16BN3O3S.C2H6/c1-10(14)13-4-5-17(15,16)9(7-13)6-12-3-2-11-8-12;1-2/h2-3,8-9,14H,4-7H2,1H3;1-2H3/t9-;/m0./s1. The van der Waals surface area contributed by atoms with Crippen LogP contribution < -0.4 is 0 Å². The summed E-state index contributed by atoms with van der Waals surface area (Å²) in [4.78, 5) is 5.68. The molecule has 0 aliphatic carbocycles. The predicted octanol–water partition coefficient (Wildman–Crippen LogP) is 0.119. The minimum atomic E-state index is -3.07. The van der Waals surface area contributed by atoms with Crippen LogP contribution in [0.1, 0.15) is 13.8 Å². The molecule has 2 heterocycles. The van der Waals surface area contributed by atoms with E-state index in [0.717, 1.165) is 0 Å². The van der Waals surface area contributed by atoms with Crippen LogP contribution in [0.3, 0.4) is 0 Å². The zero-order valence-corrected chi connectivity index (χ0v) is 12.5. The number of hydrogen-bond donors (Lipinski definition) is 1. The highest BCUT2D eigenvalue weighted by Crippen LogP contribution is 2.15. The summed E-state index contributed by atoms with van der Waals surface area (Å²) in [5, 5.41) is 9.03. The fraction of sp³-hybridized carbons (Fsp3) is 0.727. The molecule has 2 rings (SSSR count). The molecule has 0 aromatic carbocycles. The third kappa shape index (κ3) is 4.33. The minimum absolute atomic E-state index is 0.108. The van der Waals surface area contributed by atoms with Crippen LogP contribution in [-0.4, -0.2) is 58.9 Å². The van der Waals surface area contributed by atoms with Crippen LogP contribution in [0.15, 0.2) is 18.7 Å². The zero-order valence-electron chi connectivity index (χ0n) is 11.7. The molecule has 0 radical (unpaired) electrons. The molecule has 0 spiro atoms. The Morgan fingerprint density at radius 3 is 2.68 bits per heavy atom. The van der Waals surface area contributed by atoms with Crippen molar-refractivity contribution in [2.75, 3.05) is 18.8 Å². The predicted molar refractivity (Wildman–Crippen MR) is 76.6 cm³/mol. The molecule has 1 aliphatic rings. The van der Waals surface area contributed by atoms with Gasteiger partial charge in [-0.2, -0.15) is 0 Å². The van der Waals surface area contributed by atoms with Crippen molar-refractivity contribution in [1.82, 2.24) is 14.4 Å². The average Bonchev–Trinajstić information content (AvgIpc) is 2.87. The maximum Gasteiger partial charge on any atom is 0.376 e. The van der Waals surface area contributed by atoms with E-state index in [1.165, 1.54) is 0 Å². The van der Waals surface area contributed by atoms with Crippen molar-refractivity contribution in [2.24, 2.45) is 0 Å². The molecule has 0 bridgehead atoms. The molecular weight excluding hydrogens is 265 g/mol. The summed E-state index contributed by atoms with van der Waals surface area (Å²) < 4.78 is 25.6. The molecular formula is C11H22BN3O3S. The number of hydrogen-bond acceptors (Lipinski definition) is 5. The summed E-state index contributed by atoms with van der Waals surface area (Å²) in [6.07, 6.45) is 4.98.